The molecule has 0 N–H and O–H groups in total. The first-order chi connectivity index (χ1) is 20.1. The van der Waals surface area contributed by atoms with Crippen molar-refractivity contribution in [1.29, 1.82) is 0 Å². The highest BCUT2D eigenvalue weighted by molar-refractivity contribution is 6.03. The van der Waals surface area contributed by atoms with E-state index in [4.69, 9.17) is 4.74 Å². The Kier molecular flexibility index (Phi) is 7.07. The summed E-state index contributed by atoms with van der Waals surface area (Å²) in [6, 6.07) is 36.5. The number of carbonyl (C=O) groups is 2. The number of amides is 1. The molecule has 0 atom stereocenters. The minimum Gasteiger partial charge on any atom is -0.423 e. The second kappa shape index (κ2) is 11.3. The Morgan fingerprint density at radius 3 is 2.27 bits per heavy atom. The van der Waals surface area contributed by atoms with Crippen LogP contribution in [0, 0.1) is 0 Å². The summed E-state index contributed by atoms with van der Waals surface area (Å²) in [7, 11) is 0. The smallest absolute Gasteiger partial charge is 0.343 e. The van der Waals surface area contributed by atoms with Gasteiger partial charge in [0.25, 0.3) is 5.56 Å². The average molecular weight is 540 g/mol. The molecule has 6 rings (SSSR count). The van der Waals surface area contributed by atoms with Crippen LogP contribution in [-0.4, -0.2) is 21.4 Å². The van der Waals surface area contributed by atoms with Crippen LogP contribution in [-0.2, 0) is 17.9 Å². The first kappa shape index (κ1) is 25.7. The molecule has 0 saturated heterocycles. The third-order valence-corrected chi connectivity index (χ3v) is 6.91. The molecular weight excluding hydrogens is 514 g/mol. The lowest BCUT2D eigenvalue weighted by Crippen LogP contribution is -2.36. The monoisotopic (exact) mass is 539 g/mol. The maximum absolute atomic E-state index is 14.0. The van der Waals surface area contributed by atoms with Crippen LogP contribution in [0.1, 0.15) is 15.9 Å². The summed E-state index contributed by atoms with van der Waals surface area (Å²) < 4.78 is 7.10. The van der Waals surface area contributed by atoms with Gasteiger partial charge in [0.15, 0.2) is 0 Å². The van der Waals surface area contributed by atoms with Gasteiger partial charge < -0.3 is 9.64 Å². The molecule has 7 nitrogen and oxygen atoms in total. The number of benzene rings is 5. The van der Waals surface area contributed by atoms with E-state index in [9.17, 15) is 14.4 Å². The van der Waals surface area contributed by atoms with Crippen molar-refractivity contribution in [2.24, 2.45) is 0 Å². The van der Waals surface area contributed by atoms with Gasteiger partial charge in [-0.1, -0.05) is 84.9 Å². The van der Waals surface area contributed by atoms with E-state index in [1.165, 1.54) is 10.9 Å². The molecule has 5 aromatic carbocycles. The van der Waals surface area contributed by atoms with E-state index in [-0.39, 0.29) is 24.6 Å². The molecule has 0 bridgehead atoms. The molecule has 0 unspecified atom stereocenters. The van der Waals surface area contributed by atoms with E-state index in [0.717, 1.165) is 10.8 Å². The second-order valence-electron chi connectivity index (χ2n) is 9.54. The normalized spacial score (nSPS) is 10.9. The maximum Gasteiger partial charge on any atom is 0.343 e. The highest BCUT2D eigenvalue weighted by Crippen LogP contribution is 2.30. The Labute approximate surface area is 235 Å². The summed E-state index contributed by atoms with van der Waals surface area (Å²) in [5, 5.41) is 2.29. The van der Waals surface area contributed by atoms with Gasteiger partial charge in [-0.2, -0.15) is 0 Å². The van der Waals surface area contributed by atoms with Crippen molar-refractivity contribution in [2.75, 3.05) is 4.90 Å². The predicted octanol–water partition coefficient (Wildman–Crippen LogP) is 6.00. The van der Waals surface area contributed by atoms with E-state index in [0.29, 0.717) is 33.5 Å². The topological polar surface area (TPSA) is 81.5 Å². The summed E-state index contributed by atoms with van der Waals surface area (Å²) >= 11 is 0. The molecule has 1 heterocycles. The number of nitrogens with zero attached hydrogens (tertiary/aromatic N) is 3. The first-order valence-electron chi connectivity index (χ1n) is 13.2. The minimum absolute atomic E-state index is 0.112. The molecule has 0 aliphatic heterocycles. The second-order valence-corrected chi connectivity index (χ2v) is 9.54. The summed E-state index contributed by atoms with van der Waals surface area (Å²) in [5.41, 5.74) is 2.02. The zero-order valence-electron chi connectivity index (χ0n) is 22.0. The van der Waals surface area contributed by atoms with Crippen molar-refractivity contribution < 1.29 is 14.3 Å². The van der Waals surface area contributed by atoms with Gasteiger partial charge in [-0.3, -0.25) is 14.2 Å². The predicted molar refractivity (Wildman–Crippen MR) is 159 cm³/mol. The van der Waals surface area contributed by atoms with Gasteiger partial charge in [0.2, 0.25) is 5.91 Å². The lowest BCUT2D eigenvalue weighted by atomic mass is 10.1. The number of fused-ring (bicyclic) bond motifs is 2. The largest absolute Gasteiger partial charge is 0.423 e. The fraction of sp³-hybridized carbons (Fsp3) is 0.0588. The molecule has 0 radical (unpaired) electrons. The molecule has 0 saturated carbocycles. The van der Waals surface area contributed by atoms with Crippen LogP contribution < -0.4 is 15.2 Å². The number of para-hydroxylation sites is 2. The number of ether oxygens (including phenoxy) is 1. The Morgan fingerprint density at radius 1 is 0.732 bits per heavy atom. The van der Waals surface area contributed by atoms with E-state index >= 15 is 0 Å². The molecule has 0 spiro atoms. The Hall–Kier alpha value is -5.56. The molecule has 1 aromatic heterocycles. The third-order valence-electron chi connectivity index (χ3n) is 6.91. The summed E-state index contributed by atoms with van der Waals surface area (Å²) in [5.74, 6) is -0.455. The van der Waals surface area contributed by atoms with Crippen molar-refractivity contribution in [3.05, 3.63) is 149 Å². The Morgan fingerprint density at radius 2 is 1.41 bits per heavy atom. The van der Waals surface area contributed by atoms with Crippen LogP contribution in [0.25, 0.3) is 21.7 Å². The Balaban J connectivity index is 1.39. The lowest BCUT2D eigenvalue weighted by Gasteiger charge is -2.26. The summed E-state index contributed by atoms with van der Waals surface area (Å²) in [4.78, 5) is 46.1. The van der Waals surface area contributed by atoms with Gasteiger partial charge in [0.05, 0.1) is 35.0 Å². The van der Waals surface area contributed by atoms with Crippen LogP contribution in [0.2, 0.25) is 0 Å². The van der Waals surface area contributed by atoms with Gasteiger partial charge in [0.1, 0.15) is 12.3 Å². The summed E-state index contributed by atoms with van der Waals surface area (Å²) in [6.07, 6.45) is 1.40. The maximum atomic E-state index is 14.0. The van der Waals surface area contributed by atoms with Crippen molar-refractivity contribution >= 4 is 39.2 Å². The van der Waals surface area contributed by atoms with E-state index in [1.54, 1.807) is 59.5 Å². The van der Waals surface area contributed by atoms with Crippen molar-refractivity contribution in [3.8, 4) is 5.75 Å². The fourth-order valence-electron chi connectivity index (χ4n) is 4.84. The number of hydrogen-bond acceptors (Lipinski definition) is 5. The fourth-order valence-corrected chi connectivity index (χ4v) is 4.84. The standard InChI is InChI=1S/C34H25N3O4/c38-32(22-36-23-35-29-18-8-7-17-28(29)33(36)39)37(30-19-10-15-24-11-4-6-16-27(24)30)21-26-14-5-9-20-31(26)41-34(40)25-12-2-1-3-13-25/h1-20,23H,21-22H2. The zero-order valence-corrected chi connectivity index (χ0v) is 22.0. The first-order valence-corrected chi connectivity index (χ1v) is 13.2. The molecule has 7 heteroatoms. The SMILES string of the molecule is O=C(Oc1ccccc1CN(C(=O)Cn1cnc2ccccc2c1=O)c1cccc2ccccc12)c1ccccc1. The van der Waals surface area contributed by atoms with E-state index < -0.39 is 5.97 Å². The number of esters is 1. The minimum atomic E-state index is -0.491. The van der Waals surface area contributed by atoms with Crippen LogP contribution in [0.3, 0.4) is 0 Å². The molecular formula is C34H25N3O4. The van der Waals surface area contributed by atoms with Crippen LogP contribution >= 0.6 is 0 Å². The highest BCUT2D eigenvalue weighted by Gasteiger charge is 2.22. The van der Waals surface area contributed by atoms with Crippen LogP contribution in [0.5, 0.6) is 5.75 Å². The molecule has 0 fully saturated rings. The van der Waals surface area contributed by atoms with Crippen molar-refractivity contribution in [2.45, 2.75) is 13.1 Å². The van der Waals surface area contributed by atoms with Gasteiger partial charge in [-0.05, 0) is 41.8 Å². The number of hydrogen-bond donors (Lipinski definition) is 0. The Bertz CT molecular complexity index is 1940. The van der Waals surface area contributed by atoms with Crippen LogP contribution in [0.15, 0.2) is 132 Å². The quantitative estimate of drug-likeness (QED) is 0.184. The molecule has 200 valence electrons. The van der Waals surface area contributed by atoms with Gasteiger partial charge in [0, 0.05) is 10.9 Å². The zero-order chi connectivity index (χ0) is 28.2. The average Bonchev–Trinajstić information content (AvgIpc) is 3.02. The van der Waals surface area contributed by atoms with E-state index in [1.807, 2.05) is 66.7 Å². The van der Waals surface area contributed by atoms with Gasteiger partial charge >= 0.3 is 5.97 Å². The molecule has 6 aromatic rings. The molecule has 1 amide bonds. The number of aromatic nitrogens is 2. The molecule has 0 aliphatic rings. The number of anilines is 1. The lowest BCUT2D eigenvalue weighted by molar-refractivity contribution is -0.119. The van der Waals surface area contributed by atoms with Crippen molar-refractivity contribution in [3.63, 3.8) is 0 Å². The van der Waals surface area contributed by atoms with E-state index in [2.05, 4.69) is 4.98 Å². The molecule has 0 aliphatic carbocycles. The highest BCUT2D eigenvalue weighted by atomic mass is 16.5. The summed E-state index contributed by atoms with van der Waals surface area (Å²) in [6.45, 7) is -0.104. The van der Waals surface area contributed by atoms with Crippen LogP contribution in [0.4, 0.5) is 5.69 Å². The number of carbonyl (C=O) groups excluding carboxylic acids is 2. The van der Waals surface area contributed by atoms with Crippen molar-refractivity contribution in [1.82, 2.24) is 9.55 Å². The van der Waals surface area contributed by atoms with Gasteiger partial charge in [-0.25, -0.2) is 9.78 Å². The molecule has 41 heavy (non-hydrogen) atoms. The number of rotatable bonds is 7. The van der Waals surface area contributed by atoms with Gasteiger partial charge in [-0.15, -0.1) is 0 Å². The third kappa shape index (κ3) is 5.33.